The van der Waals surface area contributed by atoms with E-state index in [2.05, 4.69) is 27.1 Å². The maximum absolute atomic E-state index is 13.0. The first-order valence-corrected chi connectivity index (χ1v) is 8.04. The van der Waals surface area contributed by atoms with E-state index in [1.54, 1.807) is 12.4 Å². The Labute approximate surface area is 136 Å². The largest absolute Gasteiger partial charge is 0.330 e. The van der Waals surface area contributed by atoms with Crippen LogP contribution in [0.5, 0.6) is 0 Å². The van der Waals surface area contributed by atoms with Gasteiger partial charge in [-0.15, -0.1) is 0 Å². The molecular weight excluding hydrogens is 290 g/mol. The molecule has 0 aliphatic carbocycles. The molecule has 1 aliphatic heterocycles. The first-order chi connectivity index (χ1) is 11.1. The first-order valence-electron chi connectivity index (χ1n) is 8.04. The van der Waals surface area contributed by atoms with Crippen LogP contribution in [0.25, 0.3) is 0 Å². The van der Waals surface area contributed by atoms with Crippen molar-refractivity contribution in [2.24, 2.45) is 0 Å². The van der Waals surface area contributed by atoms with Crippen molar-refractivity contribution in [1.29, 1.82) is 0 Å². The van der Waals surface area contributed by atoms with Crippen molar-refractivity contribution in [3.05, 3.63) is 47.5 Å². The second-order valence-electron chi connectivity index (χ2n) is 6.26. The van der Waals surface area contributed by atoms with Crippen LogP contribution in [0.4, 0.5) is 0 Å². The third-order valence-corrected chi connectivity index (χ3v) is 4.42. The highest BCUT2D eigenvalue weighted by molar-refractivity contribution is 5.92. The second-order valence-corrected chi connectivity index (χ2v) is 6.26. The number of H-pyrrole nitrogens is 1. The van der Waals surface area contributed by atoms with E-state index in [-0.39, 0.29) is 11.9 Å². The van der Waals surface area contributed by atoms with Gasteiger partial charge in [-0.3, -0.25) is 14.9 Å². The molecule has 3 rings (SSSR count). The summed E-state index contributed by atoms with van der Waals surface area (Å²) in [5, 5.41) is 7.01. The Kier molecular flexibility index (Phi) is 4.71. The van der Waals surface area contributed by atoms with Crippen molar-refractivity contribution in [2.75, 3.05) is 20.1 Å². The van der Waals surface area contributed by atoms with E-state index in [0.717, 1.165) is 37.2 Å². The van der Waals surface area contributed by atoms with Gasteiger partial charge in [-0.25, -0.2) is 0 Å². The van der Waals surface area contributed by atoms with Gasteiger partial charge in [-0.2, -0.15) is 5.10 Å². The van der Waals surface area contributed by atoms with Crippen LogP contribution in [0, 0.1) is 6.92 Å². The molecule has 0 unspecified atom stereocenters. The Hall–Kier alpha value is -2.21. The normalized spacial score (nSPS) is 16.4. The quantitative estimate of drug-likeness (QED) is 0.935. The number of likely N-dealkylation sites (tertiary alicyclic amines) is 1. The van der Waals surface area contributed by atoms with Gasteiger partial charge in [0.25, 0.3) is 5.91 Å². The number of hydrogen-bond acceptors (Lipinski definition) is 4. The number of pyridine rings is 1. The van der Waals surface area contributed by atoms with Gasteiger partial charge in [0.15, 0.2) is 0 Å². The molecule has 1 fully saturated rings. The fourth-order valence-electron chi connectivity index (χ4n) is 3.03. The molecule has 23 heavy (non-hydrogen) atoms. The SMILES string of the molecule is Cc1cc(C(=O)N(Cc2ccncc2)C2CCN(C)CC2)n[nH]1. The molecule has 6 nitrogen and oxygen atoms in total. The lowest BCUT2D eigenvalue weighted by Crippen LogP contribution is -2.46. The Balaban J connectivity index is 1.82. The number of nitrogens with zero attached hydrogens (tertiary/aromatic N) is 4. The van der Waals surface area contributed by atoms with Crippen molar-refractivity contribution in [1.82, 2.24) is 25.0 Å². The molecular formula is C17H23N5O. The number of rotatable bonds is 4. The van der Waals surface area contributed by atoms with Crippen molar-refractivity contribution < 1.29 is 4.79 Å². The van der Waals surface area contributed by atoms with Gasteiger partial charge in [0.2, 0.25) is 0 Å². The molecule has 122 valence electrons. The summed E-state index contributed by atoms with van der Waals surface area (Å²) in [6.07, 6.45) is 5.53. The highest BCUT2D eigenvalue weighted by atomic mass is 16.2. The lowest BCUT2D eigenvalue weighted by Gasteiger charge is -2.37. The van der Waals surface area contributed by atoms with Crippen molar-refractivity contribution in [3.63, 3.8) is 0 Å². The van der Waals surface area contributed by atoms with E-state index < -0.39 is 0 Å². The summed E-state index contributed by atoms with van der Waals surface area (Å²) in [7, 11) is 2.13. The third-order valence-electron chi connectivity index (χ3n) is 4.42. The summed E-state index contributed by atoms with van der Waals surface area (Å²) in [6, 6.07) is 6.00. The molecule has 2 aromatic heterocycles. The number of hydrogen-bond donors (Lipinski definition) is 1. The summed E-state index contributed by atoms with van der Waals surface area (Å²) in [6.45, 7) is 4.54. The van der Waals surface area contributed by atoms with Crippen LogP contribution in [0.15, 0.2) is 30.6 Å². The van der Waals surface area contributed by atoms with Gasteiger partial charge in [0, 0.05) is 30.7 Å². The molecule has 0 atom stereocenters. The minimum Gasteiger partial charge on any atom is -0.330 e. The molecule has 1 amide bonds. The van der Waals surface area contributed by atoms with Gasteiger partial charge < -0.3 is 9.80 Å². The van der Waals surface area contributed by atoms with Gasteiger partial charge in [0.1, 0.15) is 5.69 Å². The van der Waals surface area contributed by atoms with E-state index in [9.17, 15) is 4.79 Å². The standard InChI is InChI=1S/C17H23N5O/c1-13-11-16(20-19-13)17(23)22(12-14-3-7-18-8-4-14)15-5-9-21(2)10-6-15/h3-4,7-8,11,15H,5-6,9-10,12H2,1-2H3,(H,19,20). The Morgan fingerprint density at radius 1 is 1.35 bits per heavy atom. The average Bonchev–Trinajstić information content (AvgIpc) is 3.00. The molecule has 0 spiro atoms. The number of aromatic amines is 1. The highest BCUT2D eigenvalue weighted by Crippen LogP contribution is 2.20. The summed E-state index contributed by atoms with van der Waals surface area (Å²) in [5.41, 5.74) is 2.50. The molecule has 0 saturated carbocycles. The number of amides is 1. The first kappa shape index (κ1) is 15.7. The molecule has 3 heterocycles. The fraction of sp³-hybridized carbons (Fsp3) is 0.471. The number of piperidine rings is 1. The summed E-state index contributed by atoms with van der Waals surface area (Å²) < 4.78 is 0. The molecule has 1 aliphatic rings. The van der Waals surface area contributed by atoms with E-state index in [0.29, 0.717) is 12.2 Å². The molecule has 6 heteroatoms. The van der Waals surface area contributed by atoms with Gasteiger partial charge >= 0.3 is 0 Å². The van der Waals surface area contributed by atoms with Gasteiger partial charge in [-0.1, -0.05) is 0 Å². The van der Waals surface area contributed by atoms with E-state index >= 15 is 0 Å². The predicted octanol–water partition coefficient (Wildman–Crippen LogP) is 1.85. The lowest BCUT2D eigenvalue weighted by molar-refractivity contribution is 0.0563. The van der Waals surface area contributed by atoms with Gasteiger partial charge in [-0.05, 0) is 63.7 Å². The number of aromatic nitrogens is 3. The summed E-state index contributed by atoms with van der Waals surface area (Å²) >= 11 is 0. The van der Waals surface area contributed by atoms with Crippen molar-refractivity contribution in [3.8, 4) is 0 Å². The topological polar surface area (TPSA) is 65.1 Å². The zero-order valence-corrected chi connectivity index (χ0v) is 13.7. The summed E-state index contributed by atoms with van der Waals surface area (Å²) in [5.74, 6) is 0.000662. The van der Waals surface area contributed by atoms with Crippen LogP contribution in [0.1, 0.15) is 34.6 Å². The molecule has 1 N–H and O–H groups in total. The second kappa shape index (κ2) is 6.91. The predicted molar refractivity (Wildman–Crippen MR) is 88.0 cm³/mol. The molecule has 1 saturated heterocycles. The zero-order chi connectivity index (χ0) is 16.2. The molecule has 0 aromatic carbocycles. The summed E-state index contributed by atoms with van der Waals surface area (Å²) in [4.78, 5) is 21.3. The minimum absolute atomic E-state index is 0.000662. The van der Waals surface area contributed by atoms with Crippen molar-refractivity contribution >= 4 is 5.91 Å². The van der Waals surface area contributed by atoms with E-state index in [1.165, 1.54) is 0 Å². The Bertz CT molecular complexity index is 646. The van der Waals surface area contributed by atoms with E-state index in [1.807, 2.05) is 30.0 Å². The van der Waals surface area contributed by atoms with Gasteiger partial charge in [0.05, 0.1) is 0 Å². The highest BCUT2D eigenvalue weighted by Gasteiger charge is 2.28. The van der Waals surface area contributed by atoms with Crippen molar-refractivity contribution in [2.45, 2.75) is 32.4 Å². The van der Waals surface area contributed by atoms with Crippen LogP contribution in [-0.2, 0) is 6.54 Å². The Morgan fingerprint density at radius 2 is 2.04 bits per heavy atom. The van der Waals surface area contributed by atoms with Crippen LogP contribution in [0.2, 0.25) is 0 Å². The third kappa shape index (κ3) is 3.76. The number of nitrogens with one attached hydrogen (secondary N) is 1. The lowest BCUT2D eigenvalue weighted by atomic mass is 10.0. The van der Waals surface area contributed by atoms with Crippen LogP contribution < -0.4 is 0 Å². The molecule has 0 bridgehead atoms. The minimum atomic E-state index is 0.000662. The maximum Gasteiger partial charge on any atom is 0.274 e. The van der Waals surface area contributed by atoms with E-state index in [4.69, 9.17) is 0 Å². The number of carbonyl (C=O) groups excluding carboxylic acids is 1. The number of aryl methyl sites for hydroxylation is 1. The van der Waals surface area contributed by atoms with Crippen LogP contribution in [-0.4, -0.2) is 57.1 Å². The molecule has 2 aromatic rings. The average molecular weight is 313 g/mol. The number of carbonyl (C=O) groups is 1. The zero-order valence-electron chi connectivity index (χ0n) is 13.7. The monoisotopic (exact) mass is 313 g/mol. The smallest absolute Gasteiger partial charge is 0.274 e. The Morgan fingerprint density at radius 3 is 2.65 bits per heavy atom. The maximum atomic E-state index is 13.0. The fourth-order valence-corrected chi connectivity index (χ4v) is 3.03. The molecule has 0 radical (unpaired) electrons. The van der Waals surface area contributed by atoms with Crippen LogP contribution >= 0.6 is 0 Å². The van der Waals surface area contributed by atoms with Crippen LogP contribution in [0.3, 0.4) is 0 Å².